The van der Waals surface area contributed by atoms with E-state index in [4.69, 9.17) is 0 Å². The Hall–Kier alpha value is -3.06. The lowest BCUT2D eigenvalue weighted by atomic mass is 10.0. The molecule has 2 aromatic carbocycles. The van der Waals surface area contributed by atoms with Gasteiger partial charge in [0.05, 0.1) is 0 Å². The second kappa shape index (κ2) is 9.83. The van der Waals surface area contributed by atoms with Gasteiger partial charge in [-0.05, 0) is 56.8 Å². The van der Waals surface area contributed by atoms with E-state index in [1.54, 1.807) is 10.3 Å². The minimum Gasteiger partial charge on any atom is -0.349 e. The van der Waals surface area contributed by atoms with Crippen LogP contribution in [0, 0.1) is 6.92 Å². The fourth-order valence-corrected chi connectivity index (χ4v) is 3.85. The molecule has 0 bridgehead atoms. The average molecular weight is 437 g/mol. The van der Waals surface area contributed by atoms with Gasteiger partial charge in [-0.25, -0.2) is 0 Å². The summed E-state index contributed by atoms with van der Waals surface area (Å²) in [6, 6.07) is 16.8. The number of nitrogens with one attached hydrogen (secondary N) is 1. The SMILES string of the molecule is Cc1cccc(CCN(C(=O)c2csnn2)[C@@H](C(=O)NC(C)(C)C)c2ccccc2)c1. The smallest absolute Gasteiger partial charge is 0.276 e. The van der Waals surface area contributed by atoms with Crippen LogP contribution >= 0.6 is 11.5 Å². The molecule has 0 fully saturated rings. The predicted octanol–water partition coefficient (Wildman–Crippen LogP) is 4.19. The molecule has 3 aromatic rings. The Morgan fingerprint density at radius 2 is 1.84 bits per heavy atom. The molecule has 2 amide bonds. The van der Waals surface area contributed by atoms with Crippen LogP contribution in [0.15, 0.2) is 60.0 Å². The number of nitrogens with zero attached hydrogens (tertiary/aromatic N) is 3. The first-order valence-corrected chi connectivity index (χ1v) is 11.1. The van der Waals surface area contributed by atoms with E-state index < -0.39 is 11.6 Å². The van der Waals surface area contributed by atoms with Crippen LogP contribution in [0.3, 0.4) is 0 Å². The first-order valence-electron chi connectivity index (χ1n) is 10.2. The fourth-order valence-electron chi connectivity index (χ4n) is 3.42. The summed E-state index contributed by atoms with van der Waals surface area (Å²) in [5.74, 6) is -0.529. The van der Waals surface area contributed by atoms with Gasteiger partial charge >= 0.3 is 0 Å². The highest BCUT2D eigenvalue weighted by Crippen LogP contribution is 2.25. The number of hydrogen-bond acceptors (Lipinski definition) is 5. The highest BCUT2D eigenvalue weighted by molar-refractivity contribution is 7.03. The summed E-state index contributed by atoms with van der Waals surface area (Å²) in [6.45, 7) is 8.19. The second-order valence-corrected chi connectivity index (χ2v) is 9.19. The first-order chi connectivity index (χ1) is 14.7. The summed E-state index contributed by atoms with van der Waals surface area (Å²) in [4.78, 5) is 28.4. The van der Waals surface area contributed by atoms with E-state index in [2.05, 4.69) is 21.0 Å². The van der Waals surface area contributed by atoms with Crippen LogP contribution in [0.1, 0.15) is 54.0 Å². The topological polar surface area (TPSA) is 75.2 Å². The van der Waals surface area contributed by atoms with Crippen molar-refractivity contribution >= 4 is 23.3 Å². The number of amides is 2. The Balaban J connectivity index is 1.99. The summed E-state index contributed by atoms with van der Waals surface area (Å²) in [6.07, 6.45) is 0.622. The zero-order valence-electron chi connectivity index (χ0n) is 18.3. The molecule has 6 nitrogen and oxygen atoms in total. The van der Waals surface area contributed by atoms with Crippen molar-refractivity contribution in [3.8, 4) is 0 Å². The molecule has 0 spiro atoms. The van der Waals surface area contributed by atoms with Gasteiger partial charge in [-0.2, -0.15) is 0 Å². The van der Waals surface area contributed by atoms with E-state index in [0.29, 0.717) is 13.0 Å². The van der Waals surface area contributed by atoms with Crippen molar-refractivity contribution < 1.29 is 9.59 Å². The summed E-state index contributed by atoms with van der Waals surface area (Å²) in [5, 5.41) is 8.62. The summed E-state index contributed by atoms with van der Waals surface area (Å²) in [7, 11) is 0. The molecule has 3 rings (SSSR count). The normalized spacial score (nSPS) is 12.3. The number of rotatable bonds is 7. The third-order valence-electron chi connectivity index (χ3n) is 4.74. The molecule has 0 unspecified atom stereocenters. The van der Waals surface area contributed by atoms with Crippen molar-refractivity contribution in [2.75, 3.05) is 6.54 Å². The Morgan fingerprint density at radius 3 is 2.45 bits per heavy atom. The van der Waals surface area contributed by atoms with Crippen LogP contribution < -0.4 is 5.32 Å². The molecule has 7 heteroatoms. The van der Waals surface area contributed by atoms with Gasteiger partial charge in [0.1, 0.15) is 6.04 Å². The standard InChI is InChI=1S/C24H28N4O2S/c1-17-9-8-10-18(15-17)13-14-28(23(30)20-16-31-27-26-20)21(19-11-6-5-7-12-19)22(29)25-24(2,3)4/h5-12,15-16,21H,13-14H2,1-4H3,(H,25,29)/t21-/m1/s1. The lowest BCUT2D eigenvalue weighted by Gasteiger charge is -2.33. The Morgan fingerprint density at radius 1 is 1.10 bits per heavy atom. The van der Waals surface area contributed by atoms with E-state index >= 15 is 0 Å². The van der Waals surface area contributed by atoms with Crippen molar-refractivity contribution in [2.45, 2.75) is 45.7 Å². The van der Waals surface area contributed by atoms with E-state index in [1.165, 1.54) is 0 Å². The van der Waals surface area contributed by atoms with Gasteiger partial charge < -0.3 is 10.2 Å². The number of aryl methyl sites for hydroxylation is 1. The summed E-state index contributed by atoms with van der Waals surface area (Å²) >= 11 is 1.12. The van der Waals surface area contributed by atoms with E-state index in [0.717, 1.165) is 28.2 Å². The van der Waals surface area contributed by atoms with Gasteiger partial charge in [0, 0.05) is 17.5 Å². The van der Waals surface area contributed by atoms with Gasteiger partial charge in [-0.1, -0.05) is 64.6 Å². The Kier molecular flexibility index (Phi) is 7.17. The lowest BCUT2D eigenvalue weighted by Crippen LogP contribution is -2.49. The van der Waals surface area contributed by atoms with E-state index in [9.17, 15) is 9.59 Å². The van der Waals surface area contributed by atoms with Crippen LogP contribution in [0.25, 0.3) is 0 Å². The lowest BCUT2D eigenvalue weighted by molar-refractivity contribution is -0.127. The van der Waals surface area contributed by atoms with Crippen molar-refractivity contribution in [1.29, 1.82) is 0 Å². The molecule has 1 N–H and O–H groups in total. The summed E-state index contributed by atoms with van der Waals surface area (Å²) < 4.78 is 3.84. The maximum atomic E-state index is 13.4. The van der Waals surface area contributed by atoms with Crippen LogP contribution in [0.2, 0.25) is 0 Å². The molecule has 0 radical (unpaired) electrons. The predicted molar refractivity (Wildman–Crippen MR) is 123 cm³/mol. The molecule has 31 heavy (non-hydrogen) atoms. The van der Waals surface area contributed by atoms with Crippen molar-refractivity contribution in [2.24, 2.45) is 0 Å². The first kappa shape index (κ1) is 22.6. The molecule has 1 heterocycles. The van der Waals surface area contributed by atoms with Gasteiger partial charge in [0.15, 0.2) is 5.69 Å². The second-order valence-electron chi connectivity index (χ2n) is 8.58. The molecule has 0 saturated heterocycles. The minimum absolute atomic E-state index is 0.223. The van der Waals surface area contributed by atoms with Gasteiger partial charge in [-0.3, -0.25) is 9.59 Å². The third kappa shape index (κ3) is 6.21. The fraction of sp³-hybridized carbons (Fsp3) is 0.333. The number of hydrogen-bond donors (Lipinski definition) is 1. The van der Waals surface area contributed by atoms with Crippen molar-refractivity contribution in [1.82, 2.24) is 19.8 Å². The quantitative estimate of drug-likeness (QED) is 0.603. The van der Waals surface area contributed by atoms with Crippen LogP contribution in [0.4, 0.5) is 0 Å². The molecular weight excluding hydrogens is 408 g/mol. The molecule has 0 saturated carbocycles. The highest BCUT2D eigenvalue weighted by Gasteiger charge is 2.34. The molecular formula is C24H28N4O2S. The van der Waals surface area contributed by atoms with Crippen LogP contribution in [-0.2, 0) is 11.2 Å². The van der Waals surface area contributed by atoms with Crippen LogP contribution in [0.5, 0.6) is 0 Å². The number of aromatic nitrogens is 2. The monoisotopic (exact) mass is 436 g/mol. The Bertz CT molecular complexity index is 1010. The largest absolute Gasteiger partial charge is 0.349 e. The molecule has 1 aromatic heterocycles. The number of carbonyl (C=O) groups excluding carboxylic acids is 2. The molecule has 0 aliphatic carbocycles. The van der Waals surface area contributed by atoms with Crippen molar-refractivity contribution in [3.63, 3.8) is 0 Å². The minimum atomic E-state index is -0.778. The summed E-state index contributed by atoms with van der Waals surface area (Å²) in [5.41, 5.74) is 2.84. The molecule has 0 aliphatic heterocycles. The van der Waals surface area contributed by atoms with Crippen molar-refractivity contribution in [3.05, 3.63) is 82.4 Å². The maximum Gasteiger partial charge on any atom is 0.276 e. The van der Waals surface area contributed by atoms with Crippen LogP contribution in [-0.4, -0.2) is 38.4 Å². The van der Waals surface area contributed by atoms with Gasteiger partial charge in [-0.15, -0.1) is 5.10 Å². The zero-order valence-corrected chi connectivity index (χ0v) is 19.1. The number of carbonyl (C=O) groups is 2. The molecule has 0 aliphatic rings. The zero-order chi connectivity index (χ0) is 22.4. The van der Waals surface area contributed by atoms with Gasteiger partial charge in [0.2, 0.25) is 5.91 Å². The maximum absolute atomic E-state index is 13.4. The average Bonchev–Trinajstić information content (AvgIpc) is 3.25. The van der Waals surface area contributed by atoms with E-state index in [1.807, 2.05) is 76.2 Å². The Labute approximate surface area is 187 Å². The number of benzene rings is 2. The highest BCUT2D eigenvalue weighted by atomic mass is 32.1. The molecule has 162 valence electrons. The molecule has 1 atom stereocenters. The van der Waals surface area contributed by atoms with E-state index in [-0.39, 0.29) is 17.5 Å². The van der Waals surface area contributed by atoms with Gasteiger partial charge in [0.25, 0.3) is 5.91 Å². The third-order valence-corrected chi connectivity index (χ3v) is 5.24.